The molecule has 2 heterocycles. The fourth-order valence-electron chi connectivity index (χ4n) is 4.54. The molecule has 2 saturated heterocycles. The number of hydrogen-bond acceptors (Lipinski definition) is 3. The van der Waals surface area contributed by atoms with E-state index in [0.29, 0.717) is 43.3 Å². The Morgan fingerprint density at radius 2 is 1.79 bits per heavy atom. The van der Waals surface area contributed by atoms with Crippen molar-refractivity contribution in [3.8, 4) is 0 Å². The topological polar surface area (TPSA) is 66.6 Å². The van der Waals surface area contributed by atoms with E-state index in [1.54, 1.807) is 6.07 Å². The number of aryl methyl sites for hydroxylation is 2. The van der Waals surface area contributed by atoms with Crippen molar-refractivity contribution in [2.24, 2.45) is 17.6 Å². The summed E-state index contributed by atoms with van der Waals surface area (Å²) in [5, 5.41) is 0. The maximum absolute atomic E-state index is 13.6. The van der Waals surface area contributed by atoms with Gasteiger partial charge in [0.1, 0.15) is 5.82 Å². The lowest BCUT2D eigenvalue weighted by molar-refractivity contribution is -0.117. The van der Waals surface area contributed by atoms with Gasteiger partial charge in [0.25, 0.3) is 5.91 Å². The maximum Gasteiger partial charge on any atom is 0.254 e. The van der Waals surface area contributed by atoms with Crippen molar-refractivity contribution in [2.45, 2.75) is 19.8 Å². The second-order valence-corrected chi connectivity index (χ2v) is 8.23. The monoisotopic (exact) mass is 395 g/mol. The number of primary amides is 1. The van der Waals surface area contributed by atoms with Crippen LogP contribution in [0.3, 0.4) is 0 Å². The van der Waals surface area contributed by atoms with Crippen molar-refractivity contribution < 1.29 is 14.0 Å². The molecule has 2 amide bonds. The van der Waals surface area contributed by atoms with E-state index in [-0.39, 0.29) is 17.6 Å². The van der Waals surface area contributed by atoms with E-state index in [1.807, 2.05) is 24.0 Å². The molecule has 0 spiro atoms. The average Bonchev–Trinajstić information content (AvgIpc) is 3.27. The molecule has 2 N–H and O–H groups in total. The summed E-state index contributed by atoms with van der Waals surface area (Å²) in [5.41, 5.74) is 8.79. The van der Waals surface area contributed by atoms with Crippen LogP contribution in [0.5, 0.6) is 0 Å². The Hall–Kier alpha value is -2.89. The standard InChI is InChI=1S/C23H26FN3O2/c1-15-5-7-19(24)10-21(15)23(29)27-13-17-11-26(12-18(17)14-27)20-4-2-3-16(9-20)6-8-22(25)28/h2-5,7,9-10,17-18H,6,8,11-14H2,1H3,(H2,25,28). The molecule has 29 heavy (non-hydrogen) atoms. The average molecular weight is 395 g/mol. The lowest BCUT2D eigenvalue weighted by Gasteiger charge is -2.24. The zero-order valence-corrected chi connectivity index (χ0v) is 16.6. The second-order valence-electron chi connectivity index (χ2n) is 8.23. The molecule has 2 fully saturated rings. The Balaban J connectivity index is 1.40. The number of carbonyl (C=O) groups is 2. The molecule has 0 bridgehead atoms. The summed E-state index contributed by atoms with van der Waals surface area (Å²) in [4.78, 5) is 28.1. The van der Waals surface area contributed by atoms with Crippen LogP contribution in [0, 0.1) is 24.6 Å². The van der Waals surface area contributed by atoms with Crippen LogP contribution in [0.2, 0.25) is 0 Å². The van der Waals surface area contributed by atoms with Crippen LogP contribution in [-0.4, -0.2) is 42.9 Å². The van der Waals surface area contributed by atoms with E-state index in [1.165, 1.54) is 12.1 Å². The first kappa shape index (κ1) is 19.4. The van der Waals surface area contributed by atoms with Crippen LogP contribution in [0.1, 0.15) is 27.9 Å². The molecule has 2 aliphatic rings. The van der Waals surface area contributed by atoms with Crippen molar-refractivity contribution >= 4 is 17.5 Å². The van der Waals surface area contributed by atoms with Gasteiger partial charge in [-0.25, -0.2) is 4.39 Å². The highest BCUT2D eigenvalue weighted by Gasteiger charge is 2.42. The summed E-state index contributed by atoms with van der Waals surface area (Å²) in [5.74, 6) is 0.103. The minimum absolute atomic E-state index is 0.0728. The second kappa shape index (κ2) is 7.85. The number of benzene rings is 2. The van der Waals surface area contributed by atoms with Crippen molar-refractivity contribution in [1.29, 1.82) is 0 Å². The van der Waals surface area contributed by atoms with Gasteiger partial charge >= 0.3 is 0 Å². The van der Waals surface area contributed by atoms with Crippen LogP contribution in [0.4, 0.5) is 10.1 Å². The lowest BCUT2D eigenvalue weighted by atomic mass is 10.0. The van der Waals surface area contributed by atoms with Gasteiger partial charge in [-0.05, 0) is 48.7 Å². The fourth-order valence-corrected chi connectivity index (χ4v) is 4.54. The van der Waals surface area contributed by atoms with E-state index < -0.39 is 0 Å². The Labute approximate surface area is 170 Å². The molecule has 5 nitrogen and oxygen atoms in total. The maximum atomic E-state index is 13.6. The number of fused-ring (bicyclic) bond motifs is 1. The van der Waals surface area contributed by atoms with Crippen molar-refractivity contribution in [2.75, 3.05) is 31.1 Å². The normalized spacial score (nSPS) is 20.8. The lowest BCUT2D eigenvalue weighted by Crippen LogP contribution is -2.33. The zero-order chi connectivity index (χ0) is 20.5. The molecule has 0 saturated carbocycles. The molecule has 0 aromatic heterocycles. The summed E-state index contributed by atoms with van der Waals surface area (Å²) in [6.45, 7) is 5.05. The molecular weight excluding hydrogens is 369 g/mol. The van der Waals surface area contributed by atoms with E-state index in [2.05, 4.69) is 17.0 Å². The number of carbonyl (C=O) groups excluding carboxylic acids is 2. The third-order valence-corrected chi connectivity index (χ3v) is 6.14. The third-order valence-electron chi connectivity index (χ3n) is 6.14. The number of hydrogen-bond donors (Lipinski definition) is 1. The minimum Gasteiger partial charge on any atom is -0.371 e. The van der Waals surface area contributed by atoms with E-state index in [4.69, 9.17) is 5.73 Å². The molecule has 6 heteroatoms. The van der Waals surface area contributed by atoms with Crippen LogP contribution >= 0.6 is 0 Å². The molecule has 0 aliphatic carbocycles. The van der Waals surface area contributed by atoms with Gasteiger partial charge in [-0.15, -0.1) is 0 Å². The van der Waals surface area contributed by atoms with Gasteiger partial charge in [-0.3, -0.25) is 9.59 Å². The number of nitrogens with zero attached hydrogens (tertiary/aromatic N) is 2. The van der Waals surface area contributed by atoms with Gasteiger partial charge in [0, 0.05) is 55.7 Å². The predicted octanol–water partition coefficient (Wildman–Crippen LogP) is 2.76. The Kier molecular flexibility index (Phi) is 5.26. The van der Waals surface area contributed by atoms with Crippen molar-refractivity contribution in [3.63, 3.8) is 0 Å². The summed E-state index contributed by atoms with van der Waals surface area (Å²) >= 11 is 0. The van der Waals surface area contributed by atoms with E-state index in [0.717, 1.165) is 29.9 Å². The first-order valence-corrected chi connectivity index (χ1v) is 10.1. The van der Waals surface area contributed by atoms with Crippen LogP contribution in [0.15, 0.2) is 42.5 Å². The van der Waals surface area contributed by atoms with Gasteiger partial charge in [0.2, 0.25) is 5.91 Å². The van der Waals surface area contributed by atoms with Gasteiger partial charge in [-0.1, -0.05) is 18.2 Å². The highest BCUT2D eigenvalue weighted by atomic mass is 19.1. The SMILES string of the molecule is Cc1ccc(F)cc1C(=O)N1CC2CN(c3cccc(CCC(N)=O)c3)CC2C1. The van der Waals surface area contributed by atoms with E-state index in [9.17, 15) is 14.0 Å². The van der Waals surface area contributed by atoms with Gasteiger partial charge in [0.15, 0.2) is 0 Å². The summed E-state index contributed by atoms with van der Waals surface area (Å²) < 4.78 is 13.6. The first-order chi connectivity index (χ1) is 13.9. The number of amides is 2. The quantitative estimate of drug-likeness (QED) is 0.847. The number of nitrogens with two attached hydrogens (primary N) is 1. The molecule has 0 radical (unpaired) electrons. The summed E-state index contributed by atoms with van der Waals surface area (Å²) in [6.07, 6.45) is 1.00. The van der Waals surface area contributed by atoms with E-state index >= 15 is 0 Å². The molecule has 2 atom stereocenters. The predicted molar refractivity (Wildman–Crippen MR) is 110 cm³/mol. The number of rotatable bonds is 5. The highest BCUT2D eigenvalue weighted by molar-refractivity contribution is 5.95. The largest absolute Gasteiger partial charge is 0.371 e. The first-order valence-electron chi connectivity index (χ1n) is 10.1. The Morgan fingerprint density at radius 3 is 2.48 bits per heavy atom. The number of anilines is 1. The van der Waals surface area contributed by atoms with Gasteiger partial charge in [-0.2, -0.15) is 0 Å². The highest BCUT2D eigenvalue weighted by Crippen LogP contribution is 2.35. The van der Waals surface area contributed by atoms with Crippen LogP contribution in [-0.2, 0) is 11.2 Å². The smallest absolute Gasteiger partial charge is 0.254 e. The summed E-state index contributed by atoms with van der Waals surface area (Å²) in [6, 6.07) is 12.6. The molecule has 152 valence electrons. The van der Waals surface area contributed by atoms with Crippen LogP contribution < -0.4 is 10.6 Å². The summed E-state index contributed by atoms with van der Waals surface area (Å²) in [7, 11) is 0. The molecule has 2 unspecified atom stereocenters. The molecule has 4 rings (SSSR count). The molecule has 2 aromatic rings. The van der Waals surface area contributed by atoms with Gasteiger partial charge in [0.05, 0.1) is 0 Å². The van der Waals surface area contributed by atoms with Gasteiger partial charge < -0.3 is 15.5 Å². The number of likely N-dealkylation sites (tertiary alicyclic amines) is 1. The molecular formula is C23H26FN3O2. The minimum atomic E-state index is -0.374. The van der Waals surface area contributed by atoms with Crippen LogP contribution in [0.25, 0.3) is 0 Å². The molecule has 2 aromatic carbocycles. The Bertz CT molecular complexity index is 931. The van der Waals surface area contributed by atoms with Crippen molar-refractivity contribution in [3.05, 3.63) is 65.0 Å². The number of halogens is 1. The Morgan fingerprint density at radius 1 is 1.07 bits per heavy atom. The fraction of sp³-hybridized carbons (Fsp3) is 0.391. The zero-order valence-electron chi connectivity index (χ0n) is 16.6. The molecule has 2 aliphatic heterocycles. The van der Waals surface area contributed by atoms with Crippen molar-refractivity contribution in [1.82, 2.24) is 4.90 Å². The third kappa shape index (κ3) is 4.11.